The molecule has 0 bridgehead atoms. The summed E-state index contributed by atoms with van der Waals surface area (Å²) in [5, 5.41) is 0. The van der Waals surface area contributed by atoms with Gasteiger partial charge in [0, 0.05) is 56.8 Å². The Labute approximate surface area is 165 Å². The van der Waals surface area contributed by atoms with Gasteiger partial charge in [-0.15, -0.1) is 0 Å². The van der Waals surface area contributed by atoms with Crippen LogP contribution >= 0.6 is 0 Å². The number of carbonyl (C=O) groups excluding carboxylic acids is 1. The average Bonchev–Trinajstić information content (AvgIpc) is 3.22. The maximum absolute atomic E-state index is 12.9. The summed E-state index contributed by atoms with van der Waals surface area (Å²) in [4.78, 5) is 28.0. The average molecular weight is 375 g/mol. The fourth-order valence-electron chi connectivity index (χ4n) is 3.80. The van der Waals surface area contributed by atoms with Crippen molar-refractivity contribution in [1.29, 1.82) is 0 Å². The second-order valence-corrected chi connectivity index (χ2v) is 7.23. The number of hydrogen-bond donors (Lipinski definition) is 0. The summed E-state index contributed by atoms with van der Waals surface area (Å²) in [5.41, 5.74) is 1.81. The third-order valence-corrected chi connectivity index (χ3v) is 5.29. The number of hydrogen-bond acceptors (Lipinski definition) is 4. The summed E-state index contributed by atoms with van der Waals surface area (Å²) >= 11 is 0. The van der Waals surface area contributed by atoms with Gasteiger partial charge in [0.25, 0.3) is 5.91 Å². The largest absolute Gasteiger partial charge is 0.338 e. The minimum absolute atomic E-state index is 0.00789. The molecule has 1 atom stereocenters. The summed E-state index contributed by atoms with van der Waals surface area (Å²) in [6, 6.07) is 10.4. The number of imidazole rings is 1. The van der Waals surface area contributed by atoms with E-state index in [4.69, 9.17) is 0 Å². The second kappa shape index (κ2) is 8.33. The van der Waals surface area contributed by atoms with Crippen molar-refractivity contribution >= 4 is 5.91 Å². The Morgan fingerprint density at radius 1 is 1.14 bits per heavy atom. The number of piperidine rings is 1. The van der Waals surface area contributed by atoms with E-state index in [-0.39, 0.29) is 11.8 Å². The number of amides is 1. The van der Waals surface area contributed by atoms with Crippen LogP contribution in [0.2, 0.25) is 0 Å². The van der Waals surface area contributed by atoms with Crippen LogP contribution in [0, 0.1) is 0 Å². The summed E-state index contributed by atoms with van der Waals surface area (Å²) in [6.45, 7) is 4.25. The zero-order valence-corrected chi connectivity index (χ0v) is 16.2. The molecule has 1 aromatic carbocycles. The van der Waals surface area contributed by atoms with Crippen LogP contribution in [0.5, 0.6) is 0 Å². The van der Waals surface area contributed by atoms with Crippen LogP contribution in [0.25, 0.3) is 0 Å². The third kappa shape index (κ3) is 3.96. The van der Waals surface area contributed by atoms with Crippen molar-refractivity contribution in [3.63, 3.8) is 0 Å². The molecule has 144 valence electrons. The molecular weight excluding hydrogens is 350 g/mol. The van der Waals surface area contributed by atoms with E-state index in [1.807, 2.05) is 30.3 Å². The first-order chi connectivity index (χ1) is 13.7. The maximum atomic E-state index is 12.9. The number of rotatable bonds is 5. The van der Waals surface area contributed by atoms with Gasteiger partial charge in [0.15, 0.2) is 0 Å². The highest BCUT2D eigenvalue weighted by Gasteiger charge is 2.28. The van der Waals surface area contributed by atoms with Gasteiger partial charge in [0.1, 0.15) is 11.6 Å². The molecule has 0 aliphatic carbocycles. The molecule has 1 fully saturated rings. The van der Waals surface area contributed by atoms with E-state index in [0.29, 0.717) is 12.1 Å². The molecule has 0 spiro atoms. The van der Waals surface area contributed by atoms with E-state index >= 15 is 0 Å². The molecule has 3 aromatic rings. The SMILES string of the molecule is CCc1ncc(C(=O)N2CCCC(c3nccn3Cc3ccccc3)C2)cn1. The minimum atomic E-state index is 0.00789. The molecule has 1 aliphatic heterocycles. The predicted octanol–water partition coefficient (Wildman–Crippen LogP) is 3.30. The van der Waals surface area contributed by atoms with E-state index in [1.54, 1.807) is 12.4 Å². The van der Waals surface area contributed by atoms with Gasteiger partial charge >= 0.3 is 0 Å². The molecule has 1 aliphatic rings. The molecule has 1 saturated heterocycles. The number of aromatic nitrogens is 4. The van der Waals surface area contributed by atoms with Crippen molar-refractivity contribution < 1.29 is 4.79 Å². The predicted molar refractivity (Wildman–Crippen MR) is 107 cm³/mol. The van der Waals surface area contributed by atoms with Crippen LogP contribution in [-0.2, 0) is 13.0 Å². The highest BCUT2D eigenvalue weighted by atomic mass is 16.2. The number of carbonyl (C=O) groups is 1. The molecule has 1 amide bonds. The van der Waals surface area contributed by atoms with Gasteiger partial charge in [-0.3, -0.25) is 4.79 Å². The first-order valence-electron chi connectivity index (χ1n) is 9.89. The quantitative estimate of drug-likeness (QED) is 0.686. The topological polar surface area (TPSA) is 63.9 Å². The number of aryl methyl sites for hydroxylation is 1. The van der Waals surface area contributed by atoms with Gasteiger partial charge in [0.2, 0.25) is 0 Å². The Morgan fingerprint density at radius 3 is 2.68 bits per heavy atom. The summed E-state index contributed by atoms with van der Waals surface area (Å²) in [7, 11) is 0. The zero-order chi connectivity index (χ0) is 19.3. The lowest BCUT2D eigenvalue weighted by Gasteiger charge is -2.32. The van der Waals surface area contributed by atoms with Crippen molar-refractivity contribution in [1.82, 2.24) is 24.4 Å². The van der Waals surface area contributed by atoms with Crippen molar-refractivity contribution in [2.75, 3.05) is 13.1 Å². The lowest BCUT2D eigenvalue weighted by atomic mass is 9.96. The Balaban J connectivity index is 1.48. The molecule has 0 saturated carbocycles. The van der Waals surface area contributed by atoms with E-state index in [0.717, 1.165) is 44.0 Å². The minimum Gasteiger partial charge on any atom is -0.338 e. The van der Waals surface area contributed by atoms with Crippen molar-refractivity contribution in [3.05, 3.63) is 77.9 Å². The van der Waals surface area contributed by atoms with Crippen LogP contribution in [-0.4, -0.2) is 43.4 Å². The van der Waals surface area contributed by atoms with E-state index < -0.39 is 0 Å². The maximum Gasteiger partial charge on any atom is 0.257 e. The monoisotopic (exact) mass is 375 g/mol. The fraction of sp³-hybridized carbons (Fsp3) is 0.364. The smallest absolute Gasteiger partial charge is 0.257 e. The van der Waals surface area contributed by atoms with Crippen molar-refractivity contribution in [2.45, 2.75) is 38.6 Å². The highest BCUT2D eigenvalue weighted by molar-refractivity contribution is 5.93. The molecule has 0 N–H and O–H groups in total. The Morgan fingerprint density at radius 2 is 1.93 bits per heavy atom. The van der Waals surface area contributed by atoms with Crippen LogP contribution in [0.4, 0.5) is 0 Å². The second-order valence-electron chi connectivity index (χ2n) is 7.23. The Bertz CT molecular complexity index is 920. The third-order valence-electron chi connectivity index (χ3n) is 5.29. The van der Waals surface area contributed by atoms with Crippen LogP contribution in [0.3, 0.4) is 0 Å². The van der Waals surface area contributed by atoms with Gasteiger partial charge in [-0.25, -0.2) is 15.0 Å². The van der Waals surface area contributed by atoms with E-state index in [1.165, 1.54) is 5.56 Å². The van der Waals surface area contributed by atoms with Crippen LogP contribution in [0.1, 0.15) is 53.3 Å². The van der Waals surface area contributed by atoms with Crippen LogP contribution in [0.15, 0.2) is 55.1 Å². The van der Waals surface area contributed by atoms with Gasteiger partial charge < -0.3 is 9.47 Å². The van der Waals surface area contributed by atoms with E-state index in [9.17, 15) is 4.79 Å². The standard InChI is InChI=1S/C22H25N5O/c1-2-20-24-13-19(14-25-20)22(28)27-11-6-9-18(16-27)21-23-10-12-26(21)15-17-7-4-3-5-8-17/h3-5,7-8,10,12-14,18H,2,6,9,11,15-16H2,1H3. The molecule has 0 radical (unpaired) electrons. The number of nitrogens with zero attached hydrogens (tertiary/aromatic N) is 5. The molecule has 2 aromatic heterocycles. The van der Waals surface area contributed by atoms with Crippen molar-refractivity contribution in [3.8, 4) is 0 Å². The molecule has 1 unspecified atom stereocenters. The Kier molecular flexibility index (Phi) is 5.46. The first kappa shape index (κ1) is 18.3. The van der Waals surface area contributed by atoms with Crippen molar-refractivity contribution in [2.24, 2.45) is 0 Å². The molecule has 28 heavy (non-hydrogen) atoms. The lowest BCUT2D eigenvalue weighted by molar-refractivity contribution is 0.0702. The van der Waals surface area contributed by atoms with E-state index in [2.05, 4.69) is 43.8 Å². The fourth-order valence-corrected chi connectivity index (χ4v) is 3.80. The Hall–Kier alpha value is -3.02. The molecule has 6 nitrogen and oxygen atoms in total. The summed E-state index contributed by atoms with van der Waals surface area (Å²) < 4.78 is 2.20. The summed E-state index contributed by atoms with van der Waals surface area (Å²) in [6.07, 6.45) is 9.96. The molecule has 3 heterocycles. The number of likely N-dealkylation sites (tertiary alicyclic amines) is 1. The molecular formula is C22H25N5O. The number of benzene rings is 1. The van der Waals surface area contributed by atoms with Crippen LogP contribution < -0.4 is 0 Å². The summed E-state index contributed by atoms with van der Waals surface area (Å²) in [5.74, 6) is 2.07. The highest BCUT2D eigenvalue weighted by Crippen LogP contribution is 2.27. The molecule has 6 heteroatoms. The van der Waals surface area contributed by atoms with Gasteiger partial charge in [-0.1, -0.05) is 37.3 Å². The lowest BCUT2D eigenvalue weighted by Crippen LogP contribution is -2.40. The zero-order valence-electron chi connectivity index (χ0n) is 16.2. The van der Waals surface area contributed by atoms with Gasteiger partial charge in [-0.05, 0) is 18.4 Å². The first-order valence-corrected chi connectivity index (χ1v) is 9.89. The normalized spacial score (nSPS) is 16.9. The van der Waals surface area contributed by atoms with Gasteiger partial charge in [0.05, 0.1) is 5.56 Å². The van der Waals surface area contributed by atoms with Gasteiger partial charge in [-0.2, -0.15) is 0 Å². The molecule has 4 rings (SSSR count).